The van der Waals surface area contributed by atoms with Crippen LogP contribution in [0.2, 0.25) is 5.02 Å². The topological polar surface area (TPSA) is 17.8 Å². The Kier molecular flexibility index (Phi) is 3.54. The number of imidazole rings is 1. The van der Waals surface area contributed by atoms with Gasteiger partial charge < -0.3 is 4.57 Å². The van der Waals surface area contributed by atoms with Crippen LogP contribution in [0.4, 0.5) is 0 Å². The maximum Gasteiger partial charge on any atom is 0.106 e. The Labute approximate surface area is 114 Å². The van der Waals surface area contributed by atoms with Crippen molar-refractivity contribution in [3.05, 3.63) is 50.1 Å². The van der Waals surface area contributed by atoms with Gasteiger partial charge in [0.1, 0.15) is 5.82 Å². The monoisotopic (exact) mass is 346 g/mol. The van der Waals surface area contributed by atoms with Gasteiger partial charge in [0.25, 0.3) is 0 Å². The van der Waals surface area contributed by atoms with Crippen LogP contribution in [0.15, 0.2) is 24.4 Å². The van der Waals surface area contributed by atoms with E-state index in [0.717, 1.165) is 32.2 Å². The van der Waals surface area contributed by atoms with Gasteiger partial charge in [-0.15, -0.1) is 0 Å². The van der Waals surface area contributed by atoms with Gasteiger partial charge in [-0.05, 0) is 54.1 Å². The summed E-state index contributed by atoms with van der Waals surface area (Å²) in [6, 6.07) is 6.12. The van der Waals surface area contributed by atoms with Crippen molar-refractivity contribution < 1.29 is 0 Å². The van der Waals surface area contributed by atoms with Crippen molar-refractivity contribution >= 4 is 34.2 Å². The Morgan fingerprint density at radius 1 is 1.38 bits per heavy atom. The van der Waals surface area contributed by atoms with Crippen molar-refractivity contribution in [2.75, 3.05) is 0 Å². The lowest BCUT2D eigenvalue weighted by Gasteiger charge is -2.07. The maximum atomic E-state index is 6.20. The van der Waals surface area contributed by atoms with Crippen LogP contribution in [0.3, 0.4) is 0 Å². The Bertz CT molecular complexity index is 520. The molecule has 0 aliphatic rings. The molecule has 2 aromatic rings. The molecule has 0 aliphatic carbocycles. The molecule has 2 rings (SSSR count). The summed E-state index contributed by atoms with van der Waals surface area (Å²) >= 11 is 8.46. The molecule has 0 saturated heterocycles. The standard InChI is InChI=1S/C12H12ClIN2/c1-8-6-16(9(2)15-8)7-10-3-4-11(14)5-12(10)13/h3-6H,7H2,1-2H3. The first-order valence-corrected chi connectivity index (χ1v) is 6.46. The van der Waals surface area contributed by atoms with E-state index in [1.54, 1.807) is 0 Å². The molecular weight excluding hydrogens is 335 g/mol. The molecule has 0 unspecified atom stereocenters. The van der Waals surface area contributed by atoms with Crippen molar-refractivity contribution in [3.63, 3.8) is 0 Å². The van der Waals surface area contributed by atoms with Gasteiger partial charge >= 0.3 is 0 Å². The van der Waals surface area contributed by atoms with Crippen LogP contribution >= 0.6 is 34.2 Å². The Morgan fingerprint density at radius 3 is 2.69 bits per heavy atom. The SMILES string of the molecule is Cc1cn(Cc2ccc(I)cc2Cl)c(C)n1. The number of aromatic nitrogens is 2. The first kappa shape index (κ1) is 11.9. The zero-order chi connectivity index (χ0) is 11.7. The van der Waals surface area contributed by atoms with Gasteiger partial charge in [-0.3, -0.25) is 0 Å². The molecule has 0 spiro atoms. The van der Waals surface area contributed by atoms with Crippen molar-refractivity contribution in [2.24, 2.45) is 0 Å². The van der Waals surface area contributed by atoms with Gasteiger partial charge in [0.15, 0.2) is 0 Å². The minimum atomic E-state index is 0.780. The summed E-state index contributed by atoms with van der Waals surface area (Å²) in [5.74, 6) is 1.02. The normalized spacial score (nSPS) is 10.8. The van der Waals surface area contributed by atoms with Gasteiger partial charge in [0.05, 0.1) is 12.2 Å². The first-order valence-electron chi connectivity index (χ1n) is 5.00. The van der Waals surface area contributed by atoms with Crippen molar-refractivity contribution in [2.45, 2.75) is 20.4 Å². The van der Waals surface area contributed by atoms with Crippen molar-refractivity contribution in [1.82, 2.24) is 9.55 Å². The Morgan fingerprint density at radius 2 is 2.12 bits per heavy atom. The molecule has 1 aromatic carbocycles. The van der Waals surface area contributed by atoms with E-state index in [-0.39, 0.29) is 0 Å². The molecule has 0 amide bonds. The summed E-state index contributed by atoms with van der Waals surface area (Å²) in [5.41, 5.74) is 2.17. The minimum Gasteiger partial charge on any atom is -0.330 e. The second kappa shape index (κ2) is 4.75. The average molecular weight is 347 g/mol. The summed E-state index contributed by atoms with van der Waals surface area (Å²) in [4.78, 5) is 4.37. The average Bonchev–Trinajstić information content (AvgIpc) is 2.50. The van der Waals surface area contributed by atoms with Crippen molar-refractivity contribution in [1.29, 1.82) is 0 Å². The van der Waals surface area contributed by atoms with Gasteiger partial charge in [-0.1, -0.05) is 17.7 Å². The van der Waals surface area contributed by atoms with Crippen LogP contribution in [0.5, 0.6) is 0 Å². The predicted molar refractivity (Wildman–Crippen MR) is 75.0 cm³/mol. The molecule has 0 aliphatic heterocycles. The van der Waals surface area contributed by atoms with Gasteiger partial charge in [0, 0.05) is 14.8 Å². The van der Waals surface area contributed by atoms with E-state index in [9.17, 15) is 0 Å². The van der Waals surface area contributed by atoms with Crippen LogP contribution < -0.4 is 0 Å². The van der Waals surface area contributed by atoms with E-state index in [0.29, 0.717) is 0 Å². The molecule has 0 bridgehead atoms. The molecule has 0 atom stereocenters. The number of nitrogens with zero attached hydrogens (tertiary/aromatic N) is 2. The summed E-state index contributed by atoms with van der Waals surface area (Å²) in [6.07, 6.45) is 2.05. The molecule has 0 N–H and O–H groups in total. The number of hydrogen-bond donors (Lipinski definition) is 0. The Balaban J connectivity index is 2.30. The number of aryl methyl sites for hydroxylation is 2. The van der Waals surface area contributed by atoms with Gasteiger partial charge in [0.2, 0.25) is 0 Å². The lowest BCUT2D eigenvalue weighted by atomic mass is 10.2. The summed E-state index contributed by atoms with van der Waals surface area (Å²) in [5, 5.41) is 0.817. The van der Waals surface area contributed by atoms with E-state index >= 15 is 0 Å². The largest absolute Gasteiger partial charge is 0.330 e. The third-order valence-electron chi connectivity index (χ3n) is 2.45. The second-order valence-electron chi connectivity index (χ2n) is 3.79. The highest BCUT2D eigenvalue weighted by Crippen LogP contribution is 2.20. The molecule has 1 aromatic heterocycles. The smallest absolute Gasteiger partial charge is 0.106 e. The van der Waals surface area contributed by atoms with Crippen molar-refractivity contribution in [3.8, 4) is 0 Å². The van der Waals surface area contributed by atoms with Crippen LogP contribution in [0.1, 0.15) is 17.1 Å². The van der Waals surface area contributed by atoms with Crippen LogP contribution in [-0.2, 0) is 6.54 Å². The zero-order valence-electron chi connectivity index (χ0n) is 9.17. The van der Waals surface area contributed by atoms with E-state index in [4.69, 9.17) is 11.6 Å². The number of rotatable bonds is 2. The molecule has 1 heterocycles. The molecule has 16 heavy (non-hydrogen) atoms. The summed E-state index contributed by atoms with van der Waals surface area (Å²) < 4.78 is 3.27. The highest BCUT2D eigenvalue weighted by molar-refractivity contribution is 14.1. The lowest BCUT2D eigenvalue weighted by Crippen LogP contribution is -2.01. The molecule has 0 fully saturated rings. The zero-order valence-corrected chi connectivity index (χ0v) is 12.1. The van der Waals surface area contributed by atoms with E-state index in [1.165, 1.54) is 0 Å². The third kappa shape index (κ3) is 2.58. The van der Waals surface area contributed by atoms with Gasteiger partial charge in [-0.25, -0.2) is 4.98 Å². The minimum absolute atomic E-state index is 0.780. The Hall–Kier alpha value is -0.550. The molecule has 0 radical (unpaired) electrons. The third-order valence-corrected chi connectivity index (χ3v) is 3.48. The molecule has 84 valence electrons. The lowest BCUT2D eigenvalue weighted by molar-refractivity contribution is 0.761. The highest BCUT2D eigenvalue weighted by atomic mass is 127. The second-order valence-corrected chi connectivity index (χ2v) is 5.45. The van der Waals surface area contributed by atoms with Crippen LogP contribution in [-0.4, -0.2) is 9.55 Å². The van der Waals surface area contributed by atoms with Crippen LogP contribution in [0, 0.1) is 17.4 Å². The summed E-state index contributed by atoms with van der Waals surface area (Å²) in [7, 11) is 0. The number of halogens is 2. The quantitative estimate of drug-likeness (QED) is 0.756. The molecular formula is C12H12ClIN2. The molecule has 4 heteroatoms. The fraction of sp³-hybridized carbons (Fsp3) is 0.250. The maximum absolute atomic E-state index is 6.20. The number of hydrogen-bond acceptors (Lipinski definition) is 1. The van der Waals surface area contributed by atoms with Crippen LogP contribution in [0.25, 0.3) is 0 Å². The van der Waals surface area contributed by atoms with Gasteiger partial charge in [-0.2, -0.15) is 0 Å². The van der Waals surface area contributed by atoms with E-state index in [2.05, 4.69) is 44.3 Å². The molecule has 2 nitrogen and oxygen atoms in total. The first-order chi connectivity index (χ1) is 7.56. The summed E-state index contributed by atoms with van der Waals surface area (Å²) in [6.45, 7) is 4.79. The highest BCUT2D eigenvalue weighted by Gasteiger charge is 2.05. The fourth-order valence-corrected chi connectivity index (χ4v) is 2.58. The fourth-order valence-electron chi connectivity index (χ4n) is 1.66. The van der Waals surface area contributed by atoms with E-state index in [1.807, 2.05) is 26.1 Å². The predicted octanol–water partition coefficient (Wildman–Crippen LogP) is 3.81. The molecule has 0 saturated carbocycles. The number of benzene rings is 1. The van der Waals surface area contributed by atoms with E-state index < -0.39 is 0 Å².